The topological polar surface area (TPSA) is 210 Å². The molecule has 13 nitrogen and oxygen atoms in total. The van der Waals surface area contributed by atoms with E-state index >= 15 is 0 Å². The molecule has 1 aliphatic carbocycles. The molecule has 0 radical (unpaired) electrons. The second-order valence-corrected chi connectivity index (χ2v) is 20.1. The first kappa shape index (κ1) is 65.3. The first-order valence-corrected chi connectivity index (χ1v) is 28.7. The van der Waals surface area contributed by atoms with Crippen LogP contribution in [0.2, 0.25) is 0 Å². The number of rotatable bonds is 45. The summed E-state index contributed by atoms with van der Waals surface area (Å²) in [6.07, 6.45) is 45.4. The smallest absolute Gasteiger partial charge is 0.462 e. The number of aliphatic hydroxyl groups excluding tert-OH is 5. The van der Waals surface area contributed by atoms with Gasteiger partial charge in [0.15, 0.2) is 6.10 Å². The highest BCUT2D eigenvalue weighted by molar-refractivity contribution is 7.47. The maximum atomic E-state index is 12.9. The van der Waals surface area contributed by atoms with Gasteiger partial charge in [-0.05, 0) is 51.4 Å². The number of carbonyl (C=O) groups excluding carboxylic acids is 2. The number of aliphatic hydroxyl groups is 5. The summed E-state index contributed by atoms with van der Waals surface area (Å²) in [4.78, 5) is 35.9. The minimum Gasteiger partial charge on any atom is -0.462 e. The Bertz CT molecular complexity index is 1490. The van der Waals surface area contributed by atoms with E-state index in [4.69, 9.17) is 18.5 Å². The van der Waals surface area contributed by atoms with Crippen molar-refractivity contribution in [3.8, 4) is 0 Å². The number of unbranched alkanes of at least 4 members (excludes halogenated alkanes) is 21. The first-order chi connectivity index (χ1) is 33.9. The van der Waals surface area contributed by atoms with Crippen molar-refractivity contribution >= 4 is 19.8 Å². The Hall–Kier alpha value is -2.71. The largest absolute Gasteiger partial charge is 0.472 e. The number of esters is 2. The van der Waals surface area contributed by atoms with Crippen molar-refractivity contribution in [3.05, 3.63) is 72.9 Å². The predicted molar refractivity (Wildman–Crippen MR) is 281 cm³/mol. The Morgan fingerprint density at radius 2 is 0.814 bits per heavy atom. The summed E-state index contributed by atoms with van der Waals surface area (Å²) in [5.74, 6) is -1.19. The lowest BCUT2D eigenvalue weighted by Crippen LogP contribution is -2.64. The van der Waals surface area contributed by atoms with E-state index in [-0.39, 0.29) is 12.8 Å². The lowest BCUT2D eigenvalue weighted by atomic mass is 9.85. The van der Waals surface area contributed by atoms with Gasteiger partial charge in [0.1, 0.15) is 43.2 Å². The van der Waals surface area contributed by atoms with E-state index in [0.717, 1.165) is 51.4 Å². The summed E-state index contributed by atoms with van der Waals surface area (Å²) in [5, 5.41) is 50.3. The third-order valence-electron chi connectivity index (χ3n) is 12.3. The zero-order chi connectivity index (χ0) is 51.3. The van der Waals surface area contributed by atoms with Gasteiger partial charge in [-0.3, -0.25) is 18.6 Å². The number of hydrogen-bond acceptors (Lipinski definition) is 12. The van der Waals surface area contributed by atoms with Crippen molar-refractivity contribution in [1.82, 2.24) is 0 Å². The summed E-state index contributed by atoms with van der Waals surface area (Å²) in [6.45, 7) is 3.16. The molecule has 0 heterocycles. The van der Waals surface area contributed by atoms with Crippen molar-refractivity contribution in [2.45, 2.75) is 256 Å². The van der Waals surface area contributed by atoms with Gasteiger partial charge in [-0.2, -0.15) is 0 Å². The van der Waals surface area contributed by atoms with Crippen LogP contribution >= 0.6 is 7.82 Å². The monoisotopic (exact) mass is 1010 g/mol. The molecule has 1 saturated carbocycles. The Morgan fingerprint density at radius 3 is 1.21 bits per heavy atom. The van der Waals surface area contributed by atoms with Crippen molar-refractivity contribution in [2.24, 2.45) is 0 Å². The van der Waals surface area contributed by atoms with Gasteiger partial charge in [-0.1, -0.05) is 222 Å². The molecule has 6 N–H and O–H groups in total. The van der Waals surface area contributed by atoms with Crippen LogP contribution in [0.5, 0.6) is 0 Å². The normalized spacial score (nSPS) is 21.3. The van der Waals surface area contributed by atoms with Crippen molar-refractivity contribution in [1.29, 1.82) is 0 Å². The first-order valence-electron chi connectivity index (χ1n) is 27.2. The summed E-state index contributed by atoms with van der Waals surface area (Å²) < 4.78 is 33.6. The molecule has 0 saturated heterocycles. The van der Waals surface area contributed by atoms with Crippen LogP contribution in [0.15, 0.2) is 72.9 Å². The van der Waals surface area contributed by atoms with Crippen LogP contribution in [-0.2, 0) is 32.7 Å². The zero-order valence-electron chi connectivity index (χ0n) is 43.3. The van der Waals surface area contributed by atoms with E-state index in [1.54, 1.807) is 0 Å². The molecule has 6 unspecified atom stereocenters. The van der Waals surface area contributed by atoms with Crippen LogP contribution in [0, 0.1) is 0 Å². The number of phosphoric acid groups is 1. The molecule has 0 aromatic heterocycles. The number of hydrogen-bond donors (Lipinski definition) is 6. The fourth-order valence-corrected chi connectivity index (χ4v) is 8.99. The third-order valence-corrected chi connectivity index (χ3v) is 13.3. The molecule has 8 atom stereocenters. The molecule has 1 fully saturated rings. The van der Waals surface area contributed by atoms with E-state index in [9.17, 15) is 44.6 Å². The van der Waals surface area contributed by atoms with Gasteiger partial charge in [0.2, 0.25) is 0 Å². The van der Waals surface area contributed by atoms with E-state index in [1.165, 1.54) is 116 Å². The fourth-order valence-electron chi connectivity index (χ4n) is 8.02. The molecule has 0 spiro atoms. The van der Waals surface area contributed by atoms with Crippen LogP contribution in [0.3, 0.4) is 0 Å². The van der Waals surface area contributed by atoms with Crippen molar-refractivity contribution in [2.75, 3.05) is 13.2 Å². The second kappa shape index (κ2) is 44.9. The molecule has 0 aliphatic heterocycles. The average molecular weight is 1010 g/mol. The number of phosphoric ester groups is 1. The minimum atomic E-state index is -5.15. The Kier molecular flexibility index (Phi) is 41.9. The fraction of sp³-hybridized carbons (Fsp3) is 0.750. The van der Waals surface area contributed by atoms with E-state index in [0.29, 0.717) is 19.3 Å². The molecule has 0 bridgehead atoms. The Morgan fingerprint density at radius 1 is 0.457 bits per heavy atom. The molecule has 70 heavy (non-hydrogen) atoms. The van der Waals surface area contributed by atoms with Gasteiger partial charge in [0.05, 0.1) is 6.61 Å². The van der Waals surface area contributed by atoms with Crippen LogP contribution in [-0.4, -0.2) is 98.3 Å². The number of allylic oxidation sites excluding steroid dienone is 12. The average Bonchev–Trinajstić information content (AvgIpc) is 3.34. The standard InChI is InChI=1S/C56H97O13P/c1-3-5-7-9-11-13-15-17-19-21-23-24-25-27-28-30-32-34-36-38-40-42-44-49(57)66-46-48(47-67-70(64,65)69-56-54(62)52(60)51(59)53(61)55(56)63)68-50(58)45-43-41-39-37-35-33-31-29-26-22-20-18-16-14-12-10-8-6-4-2/h6,8,12,14,18,20,26,29,33,35,39,41,48,51-56,59-63H,3-5,7,9-11,13,15-17,19,21-25,27-28,30-32,34,36-38,40,42-47H2,1-2H3,(H,64,65)/b8-6+,14-12+,20-18+,29-26+,35-33+,41-39+/t48-,51?,52-,53?,54?,55?,56?/m0/s1. The van der Waals surface area contributed by atoms with E-state index < -0.39 is 75.7 Å². The molecular weight excluding hydrogens is 912 g/mol. The Labute approximate surface area is 423 Å². The second-order valence-electron chi connectivity index (χ2n) is 18.7. The van der Waals surface area contributed by atoms with Gasteiger partial charge in [-0.25, -0.2) is 4.57 Å². The quantitative estimate of drug-likeness (QED) is 0.0145. The summed E-state index contributed by atoms with van der Waals surface area (Å²) in [6, 6.07) is 0. The number of carbonyl (C=O) groups is 2. The lowest BCUT2D eigenvalue weighted by Gasteiger charge is -2.41. The van der Waals surface area contributed by atoms with Gasteiger partial charge in [0, 0.05) is 12.8 Å². The minimum absolute atomic E-state index is 0.0298. The molecule has 1 rings (SSSR count). The summed E-state index contributed by atoms with van der Waals surface area (Å²) in [5.41, 5.74) is 0. The van der Waals surface area contributed by atoms with Crippen LogP contribution in [0.1, 0.15) is 213 Å². The van der Waals surface area contributed by atoms with Crippen LogP contribution < -0.4 is 0 Å². The zero-order valence-corrected chi connectivity index (χ0v) is 44.2. The highest BCUT2D eigenvalue weighted by Gasteiger charge is 2.51. The highest BCUT2D eigenvalue weighted by atomic mass is 31.2. The maximum absolute atomic E-state index is 12.9. The Balaban J connectivity index is 2.40. The van der Waals surface area contributed by atoms with Gasteiger partial charge < -0.3 is 39.9 Å². The third kappa shape index (κ3) is 36.2. The maximum Gasteiger partial charge on any atom is 0.472 e. The van der Waals surface area contributed by atoms with Gasteiger partial charge >= 0.3 is 19.8 Å². The van der Waals surface area contributed by atoms with Crippen LogP contribution in [0.4, 0.5) is 0 Å². The molecule has 1 aliphatic rings. The van der Waals surface area contributed by atoms with Gasteiger partial charge in [0.25, 0.3) is 0 Å². The molecule has 0 aromatic carbocycles. The van der Waals surface area contributed by atoms with Gasteiger partial charge in [-0.15, -0.1) is 0 Å². The SMILES string of the molecule is CC/C=C/C/C=C/C/C=C/C/C=C/C/C=C/C/C=C/CCC(=O)O[C@@H](COC(=O)CCCCCCCCCCCCCCCCCCCCCCCC)COP(=O)(O)OC1C(O)C(O)C(O)[C@H](O)C1O. The molecule has 0 aromatic rings. The predicted octanol–water partition coefficient (Wildman–Crippen LogP) is 12.2. The van der Waals surface area contributed by atoms with Crippen molar-refractivity contribution < 1.29 is 63.1 Å². The molecule has 0 amide bonds. The lowest BCUT2D eigenvalue weighted by molar-refractivity contribution is -0.220. The summed E-state index contributed by atoms with van der Waals surface area (Å²) >= 11 is 0. The molecule has 14 heteroatoms. The van der Waals surface area contributed by atoms with Crippen LogP contribution in [0.25, 0.3) is 0 Å². The highest BCUT2D eigenvalue weighted by Crippen LogP contribution is 2.47. The van der Waals surface area contributed by atoms with E-state index in [2.05, 4.69) is 68.5 Å². The summed E-state index contributed by atoms with van der Waals surface area (Å²) in [7, 11) is -5.15. The molecule has 404 valence electrons. The van der Waals surface area contributed by atoms with E-state index in [1.807, 2.05) is 18.2 Å². The number of ether oxygens (including phenoxy) is 2. The molecular formula is C56H97O13P. The van der Waals surface area contributed by atoms with Crippen molar-refractivity contribution in [3.63, 3.8) is 0 Å².